The highest BCUT2D eigenvalue weighted by molar-refractivity contribution is 7.15. The number of aromatic nitrogens is 1. The van der Waals surface area contributed by atoms with Crippen LogP contribution in [0.15, 0.2) is 48.7 Å². The summed E-state index contributed by atoms with van der Waals surface area (Å²) in [6, 6.07) is 11.1. The molecule has 1 aromatic heterocycles. The van der Waals surface area contributed by atoms with E-state index < -0.39 is 11.7 Å². The van der Waals surface area contributed by atoms with Crippen LogP contribution < -0.4 is 10.6 Å². The molecule has 3 rings (SSSR count). The first-order valence-corrected chi connectivity index (χ1v) is 9.74. The molecule has 0 aliphatic carbocycles. The maximum atomic E-state index is 12.8. The third kappa shape index (κ3) is 5.80. The molecule has 152 valence electrons. The second-order valence-corrected chi connectivity index (χ2v) is 7.84. The maximum absolute atomic E-state index is 12.8. The standard InChI is InChI=1S/C21H20F3N3OS/c1-13-6-7-18(14(2)8-13)25-12-19(28)27-20-26-11-17(29-20)10-15-4-3-5-16(9-15)21(22,23)24/h3-9,11,25H,10,12H2,1-2H3,(H,26,27,28). The zero-order chi connectivity index (χ0) is 21.0. The van der Waals surface area contributed by atoms with Crippen LogP contribution in [0, 0.1) is 13.8 Å². The Morgan fingerprint density at radius 3 is 2.66 bits per heavy atom. The Morgan fingerprint density at radius 2 is 1.93 bits per heavy atom. The number of benzene rings is 2. The van der Waals surface area contributed by atoms with Crippen molar-refractivity contribution in [3.05, 3.63) is 75.8 Å². The molecule has 0 spiro atoms. The summed E-state index contributed by atoms with van der Waals surface area (Å²) in [6.45, 7) is 4.06. The van der Waals surface area contributed by atoms with Crippen LogP contribution in [0.1, 0.15) is 27.1 Å². The van der Waals surface area contributed by atoms with Crippen LogP contribution in [0.5, 0.6) is 0 Å². The maximum Gasteiger partial charge on any atom is 0.416 e. The number of halogens is 3. The summed E-state index contributed by atoms with van der Waals surface area (Å²) >= 11 is 1.24. The van der Waals surface area contributed by atoms with Crippen molar-refractivity contribution in [2.45, 2.75) is 26.4 Å². The van der Waals surface area contributed by atoms with E-state index in [0.29, 0.717) is 17.1 Å². The molecule has 0 saturated heterocycles. The van der Waals surface area contributed by atoms with Crippen molar-refractivity contribution in [1.82, 2.24) is 4.98 Å². The Hall–Kier alpha value is -2.87. The van der Waals surface area contributed by atoms with Crippen molar-refractivity contribution in [3.63, 3.8) is 0 Å². The minimum Gasteiger partial charge on any atom is -0.376 e. The molecule has 2 aromatic carbocycles. The number of rotatable bonds is 6. The van der Waals surface area contributed by atoms with Crippen molar-refractivity contribution in [2.24, 2.45) is 0 Å². The molecule has 29 heavy (non-hydrogen) atoms. The lowest BCUT2D eigenvalue weighted by atomic mass is 10.1. The summed E-state index contributed by atoms with van der Waals surface area (Å²) in [7, 11) is 0. The Bertz CT molecular complexity index is 1010. The zero-order valence-electron chi connectivity index (χ0n) is 15.9. The molecule has 0 aliphatic rings. The molecule has 1 amide bonds. The van der Waals surface area contributed by atoms with Gasteiger partial charge in [0.2, 0.25) is 5.91 Å². The fourth-order valence-corrected chi connectivity index (χ4v) is 3.72. The van der Waals surface area contributed by atoms with Crippen LogP contribution in [0.4, 0.5) is 24.0 Å². The van der Waals surface area contributed by atoms with E-state index in [1.807, 2.05) is 32.0 Å². The second kappa shape index (κ2) is 8.65. The molecule has 0 saturated carbocycles. The summed E-state index contributed by atoms with van der Waals surface area (Å²) in [5, 5.41) is 6.21. The second-order valence-electron chi connectivity index (χ2n) is 6.73. The van der Waals surface area contributed by atoms with E-state index in [-0.39, 0.29) is 12.5 Å². The van der Waals surface area contributed by atoms with Crippen molar-refractivity contribution in [3.8, 4) is 0 Å². The average molecular weight is 419 g/mol. The molecular weight excluding hydrogens is 399 g/mol. The van der Waals surface area contributed by atoms with Crippen LogP contribution >= 0.6 is 11.3 Å². The summed E-state index contributed by atoms with van der Waals surface area (Å²) in [5.41, 5.74) is 2.95. The minimum absolute atomic E-state index is 0.0897. The van der Waals surface area contributed by atoms with Gasteiger partial charge in [-0.15, -0.1) is 11.3 Å². The Morgan fingerprint density at radius 1 is 1.14 bits per heavy atom. The van der Waals surface area contributed by atoms with E-state index >= 15 is 0 Å². The van der Waals surface area contributed by atoms with Gasteiger partial charge in [0, 0.05) is 23.2 Å². The molecule has 2 N–H and O–H groups in total. The SMILES string of the molecule is Cc1ccc(NCC(=O)Nc2ncc(Cc3cccc(C(F)(F)F)c3)s2)c(C)c1. The van der Waals surface area contributed by atoms with Gasteiger partial charge in [-0.1, -0.05) is 35.9 Å². The predicted molar refractivity (Wildman–Crippen MR) is 109 cm³/mol. The van der Waals surface area contributed by atoms with Crippen LogP contribution in [0.2, 0.25) is 0 Å². The number of thiazole rings is 1. The first-order chi connectivity index (χ1) is 13.7. The number of carbonyl (C=O) groups excluding carboxylic acids is 1. The Kier molecular flexibility index (Phi) is 6.22. The molecule has 4 nitrogen and oxygen atoms in total. The van der Waals surface area contributed by atoms with Gasteiger partial charge in [0.15, 0.2) is 5.13 Å². The van der Waals surface area contributed by atoms with Gasteiger partial charge in [-0.25, -0.2) is 4.98 Å². The fourth-order valence-electron chi connectivity index (χ4n) is 2.86. The van der Waals surface area contributed by atoms with Gasteiger partial charge < -0.3 is 10.6 Å². The third-order valence-electron chi connectivity index (χ3n) is 4.25. The smallest absolute Gasteiger partial charge is 0.376 e. The molecular formula is C21H20F3N3OS. The Labute approximate surface area is 170 Å². The van der Waals surface area contributed by atoms with E-state index in [1.54, 1.807) is 12.3 Å². The van der Waals surface area contributed by atoms with Crippen LogP contribution in [0.3, 0.4) is 0 Å². The number of anilines is 2. The summed E-state index contributed by atoms with van der Waals surface area (Å²) in [4.78, 5) is 17.1. The number of nitrogens with one attached hydrogen (secondary N) is 2. The topological polar surface area (TPSA) is 54.0 Å². The van der Waals surface area contributed by atoms with Crippen LogP contribution in [0.25, 0.3) is 0 Å². The van der Waals surface area contributed by atoms with Gasteiger partial charge in [0.25, 0.3) is 0 Å². The number of nitrogens with zero attached hydrogens (tertiary/aromatic N) is 1. The van der Waals surface area contributed by atoms with Gasteiger partial charge in [-0.3, -0.25) is 4.79 Å². The third-order valence-corrected chi connectivity index (χ3v) is 5.17. The highest BCUT2D eigenvalue weighted by Crippen LogP contribution is 2.30. The molecule has 0 aliphatic heterocycles. The molecule has 0 atom stereocenters. The van der Waals surface area contributed by atoms with Gasteiger partial charge in [-0.2, -0.15) is 13.2 Å². The predicted octanol–water partition coefficient (Wildman–Crippen LogP) is 5.42. The average Bonchev–Trinajstić information content (AvgIpc) is 3.07. The zero-order valence-corrected chi connectivity index (χ0v) is 16.7. The summed E-state index contributed by atoms with van der Waals surface area (Å²) in [5.74, 6) is -0.245. The number of alkyl halides is 3. The van der Waals surface area contributed by atoms with E-state index in [4.69, 9.17) is 0 Å². The summed E-state index contributed by atoms with van der Waals surface area (Å²) in [6.07, 6.45) is -2.48. The highest BCUT2D eigenvalue weighted by Gasteiger charge is 2.30. The molecule has 3 aromatic rings. The van der Waals surface area contributed by atoms with E-state index in [0.717, 1.165) is 33.8 Å². The largest absolute Gasteiger partial charge is 0.416 e. The van der Waals surface area contributed by atoms with Crippen molar-refractivity contribution < 1.29 is 18.0 Å². The molecule has 0 bridgehead atoms. The van der Waals surface area contributed by atoms with E-state index in [2.05, 4.69) is 15.6 Å². The first-order valence-electron chi connectivity index (χ1n) is 8.92. The van der Waals surface area contributed by atoms with E-state index in [9.17, 15) is 18.0 Å². The van der Waals surface area contributed by atoms with Gasteiger partial charge >= 0.3 is 6.18 Å². The monoisotopic (exact) mass is 419 g/mol. The lowest BCUT2D eigenvalue weighted by Gasteiger charge is -2.09. The number of aryl methyl sites for hydroxylation is 2. The molecule has 8 heteroatoms. The van der Waals surface area contributed by atoms with Crippen molar-refractivity contribution >= 4 is 28.1 Å². The van der Waals surface area contributed by atoms with Crippen molar-refractivity contribution in [1.29, 1.82) is 0 Å². The quantitative estimate of drug-likeness (QED) is 0.561. The number of hydrogen-bond acceptors (Lipinski definition) is 4. The molecule has 0 unspecified atom stereocenters. The Balaban J connectivity index is 1.57. The number of hydrogen-bond donors (Lipinski definition) is 2. The number of carbonyl (C=O) groups is 1. The lowest BCUT2D eigenvalue weighted by molar-refractivity contribution is -0.137. The van der Waals surface area contributed by atoms with Gasteiger partial charge in [0.1, 0.15) is 0 Å². The van der Waals surface area contributed by atoms with Crippen molar-refractivity contribution in [2.75, 3.05) is 17.2 Å². The fraction of sp³-hybridized carbons (Fsp3) is 0.238. The van der Waals surface area contributed by atoms with Gasteiger partial charge in [-0.05, 0) is 37.1 Å². The highest BCUT2D eigenvalue weighted by atomic mass is 32.1. The number of amides is 1. The lowest BCUT2D eigenvalue weighted by Crippen LogP contribution is -2.21. The molecule has 0 fully saturated rings. The minimum atomic E-state index is -4.37. The first kappa shape index (κ1) is 20.9. The molecule has 1 heterocycles. The molecule has 0 radical (unpaired) electrons. The summed E-state index contributed by atoms with van der Waals surface area (Å²) < 4.78 is 38.5. The normalized spacial score (nSPS) is 11.3. The van der Waals surface area contributed by atoms with Gasteiger partial charge in [0.05, 0.1) is 12.1 Å². The van der Waals surface area contributed by atoms with E-state index in [1.165, 1.54) is 17.4 Å². The van der Waals surface area contributed by atoms with Crippen LogP contribution in [-0.4, -0.2) is 17.4 Å². The van der Waals surface area contributed by atoms with Crippen LogP contribution in [-0.2, 0) is 17.4 Å².